The molecule has 22 heavy (non-hydrogen) atoms. The molecular formula is C17H18N4O. The first-order valence-electron chi connectivity index (χ1n) is 7.30. The molecule has 0 bridgehead atoms. The minimum Gasteiger partial charge on any atom is -0.370 e. The fourth-order valence-corrected chi connectivity index (χ4v) is 2.43. The van der Waals surface area contributed by atoms with Crippen molar-refractivity contribution < 1.29 is 4.79 Å². The third-order valence-corrected chi connectivity index (χ3v) is 3.47. The van der Waals surface area contributed by atoms with E-state index >= 15 is 0 Å². The molecule has 2 aromatic heterocycles. The second-order valence-electron chi connectivity index (χ2n) is 5.10. The normalized spacial score (nSPS) is 10.7. The topological polar surface area (TPSA) is 72.4 Å². The number of amides is 1. The van der Waals surface area contributed by atoms with Crippen LogP contribution in [0, 0.1) is 0 Å². The highest BCUT2D eigenvalue weighted by atomic mass is 16.1. The van der Waals surface area contributed by atoms with Gasteiger partial charge in [0.15, 0.2) is 0 Å². The summed E-state index contributed by atoms with van der Waals surface area (Å²) in [6.45, 7) is 0.672. The molecule has 5 heteroatoms. The molecule has 0 aliphatic rings. The molecule has 1 amide bonds. The van der Waals surface area contributed by atoms with E-state index in [9.17, 15) is 4.79 Å². The smallest absolute Gasteiger partial charge is 0.217 e. The summed E-state index contributed by atoms with van der Waals surface area (Å²) in [5.41, 5.74) is 8.03. The van der Waals surface area contributed by atoms with Gasteiger partial charge in [-0.1, -0.05) is 36.4 Å². The standard InChI is InChI=1S/C17H18N4O/c18-14(22)9-6-11-19-17-16(13-7-2-1-3-8-13)20-15-10-4-5-12-21(15)17/h1-5,7-8,10,12,19H,6,9,11H2,(H2,18,22). The van der Waals surface area contributed by atoms with Crippen molar-refractivity contribution in [2.45, 2.75) is 12.8 Å². The van der Waals surface area contributed by atoms with Crippen molar-refractivity contribution in [3.63, 3.8) is 0 Å². The second kappa shape index (κ2) is 6.30. The lowest BCUT2D eigenvalue weighted by molar-refractivity contribution is -0.118. The van der Waals surface area contributed by atoms with Crippen molar-refractivity contribution in [2.75, 3.05) is 11.9 Å². The molecule has 0 atom stereocenters. The molecule has 0 fully saturated rings. The van der Waals surface area contributed by atoms with Crippen LogP contribution < -0.4 is 11.1 Å². The summed E-state index contributed by atoms with van der Waals surface area (Å²) in [6, 6.07) is 16.0. The summed E-state index contributed by atoms with van der Waals surface area (Å²) in [5.74, 6) is 0.662. The van der Waals surface area contributed by atoms with E-state index in [0.29, 0.717) is 19.4 Å². The maximum Gasteiger partial charge on any atom is 0.217 e. The number of nitrogens with two attached hydrogens (primary N) is 1. The number of hydrogen-bond donors (Lipinski definition) is 2. The molecule has 0 aliphatic carbocycles. The van der Waals surface area contributed by atoms with Crippen LogP contribution in [0.4, 0.5) is 5.82 Å². The monoisotopic (exact) mass is 294 g/mol. The molecule has 0 unspecified atom stereocenters. The number of pyridine rings is 1. The van der Waals surface area contributed by atoms with Crippen molar-refractivity contribution in [1.82, 2.24) is 9.38 Å². The maximum absolute atomic E-state index is 10.8. The first kappa shape index (κ1) is 14.1. The number of benzene rings is 1. The number of carbonyl (C=O) groups is 1. The van der Waals surface area contributed by atoms with Crippen LogP contribution in [0.2, 0.25) is 0 Å². The molecule has 0 saturated heterocycles. The average molecular weight is 294 g/mol. The van der Waals surface area contributed by atoms with E-state index in [0.717, 1.165) is 22.7 Å². The number of rotatable bonds is 6. The van der Waals surface area contributed by atoms with Crippen LogP contribution >= 0.6 is 0 Å². The molecule has 0 radical (unpaired) electrons. The Labute approximate surface area is 128 Å². The predicted molar refractivity (Wildman–Crippen MR) is 87.5 cm³/mol. The van der Waals surface area contributed by atoms with Gasteiger partial charge in [0.1, 0.15) is 17.2 Å². The molecule has 3 N–H and O–H groups in total. The molecule has 3 rings (SSSR count). The van der Waals surface area contributed by atoms with Gasteiger partial charge < -0.3 is 11.1 Å². The Hall–Kier alpha value is -2.82. The van der Waals surface area contributed by atoms with E-state index in [2.05, 4.69) is 5.32 Å². The highest BCUT2D eigenvalue weighted by molar-refractivity contribution is 5.76. The Balaban J connectivity index is 1.93. The number of hydrogen-bond acceptors (Lipinski definition) is 3. The highest BCUT2D eigenvalue weighted by Crippen LogP contribution is 2.28. The predicted octanol–water partition coefficient (Wildman–Crippen LogP) is 2.68. The molecular weight excluding hydrogens is 276 g/mol. The van der Waals surface area contributed by atoms with Crippen LogP contribution in [-0.2, 0) is 4.79 Å². The van der Waals surface area contributed by atoms with E-state index in [1.165, 1.54) is 0 Å². The number of anilines is 1. The SMILES string of the molecule is NC(=O)CCCNc1c(-c2ccccc2)nc2ccccn12. The number of fused-ring (bicyclic) bond motifs is 1. The lowest BCUT2D eigenvalue weighted by Gasteiger charge is -2.08. The van der Waals surface area contributed by atoms with E-state index in [1.54, 1.807) is 0 Å². The van der Waals surface area contributed by atoms with Gasteiger partial charge in [-0.2, -0.15) is 0 Å². The van der Waals surface area contributed by atoms with Gasteiger partial charge in [-0.05, 0) is 18.6 Å². The Bertz CT molecular complexity index is 780. The van der Waals surface area contributed by atoms with Crippen molar-refractivity contribution in [3.05, 3.63) is 54.7 Å². The van der Waals surface area contributed by atoms with Crippen LogP contribution in [0.1, 0.15) is 12.8 Å². The third kappa shape index (κ3) is 2.93. The van der Waals surface area contributed by atoms with Crippen LogP contribution in [0.3, 0.4) is 0 Å². The van der Waals surface area contributed by atoms with Gasteiger partial charge in [0.2, 0.25) is 5.91 Å². The summed E-state index contributed by atoms with van der Waals surface area (Å²) in [4.78, 5) is 15.5. The van der Waals surface area contributed by atoms with Crippen molar-refractivity contribution in [1.29, 1.82) is 0 Å². The summed E-state index contributed by atoms with van der Waals surface area (Å²) in [6.07, 6.45) is 3.05. The molecule has 112 valence electrons. The van der Waals surface area contributed by atoms with Crippen LogP contribution in [0.25, 0.3) is 16.9 Å². The zero-order chi connectivity index (χ0) is 15.4. The quantitative estimate of drug-likeness (QED) is 0.686. The minimum absolute atomic E-state index is 0.275. The molecule has 1 aromatic carbocycles. The fourth-order valence-electron chi connectivity index (χ4n) is 2.43. The van der Waals surface area contributed by atoms with E-state index in [4.69, 9.17) is 10.7 Å². The van der Waals surface area contributed by atoms with Crippen LogP contribution in [0.5, 0.6) is 0 Å². The van der Waals surface area contributed by atoms with Gasteiger partial charge in [0, 0.05) is 24.7 Å². The van der Waals surface area contributed by atoms with E-state index in [-0.39, 0.29) is 5.91 Å². The van der Waals surface area contributed by atoms with Crippen LogP contribution in [0.15, 0.2) is 54.7 Å². The average Bonchev–Trinajstić information content (AvgIpc) is 2.91. The number of nitrogens with zero attached hydrogens (tertiary/aromatic N) is 2. The Morgan fingerprint density at radius 1 is 1.14 bits per heavy atom. The lowest BCUT2D eigenvalue weighted by Crippen LogP contribution is -2.13. The molecule has 0 aliphatic heterocycles. The van der Waals surface area contributed by atoms with E-state index in [1.807, 2.05) is 59.1 Å². The maximum atomic E-state index is 10.8. The molecule has 0 spiro atoms. The van der Waals surface area contributed by atoms with E-state index < -0.39 is 0 Å². The van der Waals surface area contributed by atoms with Gasteiger partial charge >= 0.3 is 0 Å². The third-order valence-electron chi connectivity index (χ3n) is 3.47. The first-order valence-corrected chi connectivity index (χ1v) is 7.30. The summed E-state index contributed by atoms with van der Waals surface area (Å²) < 4.78 is 2.02. The number of carbonyl (C=O) groups excluding carboxylic acids is 1. The van der Waals surface area contributed by atoms with Gasteiger partial charge in [0.05, 0.1) is 0 Å². The summed E-state index contributed by atoms with van der Waals surface area (Å²) in [7, 11) is 0. The molecule has 0 saturated carbocycles. The zero-order valence-corrected chi connectivity index (χ0v) is 12.2. The summed E-state index contributed by atoms with van der Waals surface area (Å²) >= 11 is 0. The van der Waals surface area contributed by atoms with Crippen molar-refractivity contribution >= 4 is 17.4 Å². The highest BCUT2D eigenvalue weighted by Gasteiger charge is 2.13. The van der Waals surface area contributed by atoms with Crippen molar-refractivity contribution in [2.24, 2.45) is 5.73 Å². The van der Waals surface area contributed by atoms with Crippen molar-refractivity contribution in [3.8, 4) is 11.3 Å². The Morgan fingerprint density at radius 2 is 1.91 bits per heavy atom. The fraction of sp³-hybridized carbons (Fsp3) is 0.176. The first-order chi connectivity index (χ1) is 10.8. The number of imidazole rings is 1. The van der Waals surface area contributed by atoms with Gasteiger partial charge in [-0.25, -0.2) is 4.98 Å². The number of aromatic nitrogens is 2. The van der Waals surface area contributed by atoms with Gasteiger partial charge in [-0.15, -0.1) is 0 Å². The molecule has 5 nitrogen and oxygen atoms in total. The Morgan fingerprint density at radius 3 is 2.68 bits per heavy atom. The largest absolute Gasteiger partial charge is 0.370 e. The van der Waals surface area contributed by atoms with Gasteiger partial charge in [0.25, 0.3) is 0 Å². The molecule has 3 aromatic rings. The van der Waals surface area contributed by atoms with Crippen LogP contribution in [-0.4, -0.2) is 21.8 Å². The molecule has 2 heterocycles. The number of primary amides is 1. The van der Waals surface area contributed by atoms with Gasteiger partial charge in [-0.3, -0.25) is 9.20 Å². The summed E-state index contributed by atoms with van der Waals surface area (Å²) in [5, 5.41) is 3.38. The minimum atomic E-state index is -0.275. The Kier molecular flexibility index (Phi) is 4.05. The zero-order valence-electron chi connectivity index (χ0n) is 12.2. The second-order valence-corrected chi connectivity index (χ2v) is 5.10. The number of nitrogens with one attached hydrogen (secondary N) is 1. The lowest BCUT2D eigenvalue weighted by atomic mass is 10.1.